The fourth-order valence-electron chi connectivity index (χ4n) is 1.74. The lowest BCUT2D eigenvalue weighted by Gasteiger charge is -2.30. The molecule has 0 bridgehead atoms. The maximum Gasteiger partial charge on any atom is 0.116 e. The average molecular weight is 263 g/mol. The molecule has 0 aromatic heterocycles. The van der Waals surface area contributed by atoms with Gasteiger partial charge in [0.25, 0.3) is 0 Å². The Bertz CT molecular complexity index is 346. The van der Waals surface area contributed by atoms with Gasteiger partial charge < -0.3 is 10.1 Å². The summed E-state index contributed by atoms with van der Waals surface area (Å²) in [5.41, 5.74) is 2.52. The second-order valence-corrected chi connectivity index (χ2v) is 4.32. The molecule has 1 aromatic carbocycles. The number of carbonyl (C=O) groups is 1. The first-order valence-corrected chi connectivity index (χ1v) is 6.78. The first kappa shape index (κ1) is 19.9. The van der Waals surface area contributed by atoms with E-state index in [4.69, 9.17) is 4.79 Å². The van der Waals surface area contributed by atoms with Gasteiger partial charge in [0.05, 0.1) is 0 Å². The van der Waals surface area contributed by atoms with E-state index >= 15 is 0 Å². The van der Waals surface area contributed by atoms with E-state index in [0.717, 1.165) is 12.7 Å². The van der Waals surface area contributed by atoms with Gasteiger partial charge in [0.2, 0.25) is 0 Å². The van der Waals surface area contributed by atoms with Gasteiger partial charge in [-0.2, -0.15) is 0 Å². The molecular weight excluding hydrogens is 234 g/mol. The summed E-state index contributed by atoms with van der Waals surface area (Å²) in [5, 5.41) is 3.37. The van der Waals surface area contributed by atoms with Crippen LogP contribution < -0.4 is 5.32 Å². The van der Waals surface area contributed by atoms with Gasteiger partial charge in [0.15, 0.2) is 0 Å². The SMILES string of the molecule is C=C(C)CC(C)(NC)c1ccccc1.CC.CC=O. The molecule has 1 unspecified atom stereocenters. The minimum atomic E-state index is 0.00704. The van der Waals surface area contributed by atoms with Crippen molar-refractivity contribution in [3.8, 4) is 0 Å². The Hall–Kier alpha value is -1.41. The quantitative estimate of drug-likeness (QED) is 0.647. The predicted molar refractivity (Wildman–Crippen MR) is 85.4 cm³/mol. The molecule has 0 saturated heterocycles. The summed E-state index contributed by atoms with van der Waals surface area (Å²) >= 11 is 0. The highest BCUT2D eigenvalue weighted by atomic mass is 16.1. The molecule has 0 radical (unpaired) electrons. The molecule has 1 N–H and O–H groups in total. The van der Waals surface area contributed by atoms with Crippen LogP contribution >= 0.6 is 0 Å². The molecule has 2 nitrogen and oxygen atoms in total. The van der Waals surface area contributed by atoms with E-state index in [1.807, 2.05) is 27.0 Å². The summed E-state index contributed by atoms with van der Waals surface area (Å²) in [4.78, 5) is 8.81. The maximum atomic E-state index is 8.81. The smallest absolute Gasteiger partial charge is 0.116 e. The number of hydrogen-bond acceptors (Lipinski definition) is 2. The highest BCUT2D eigenvalue weighted by Gasteiger charge is 2.23. The summed E-state index contributed by atoms with van der Waals surface area (Å²) in [6.07, 6.45) is 1.72. The third-order valence-electron chi connectivity index (χ3n) is 2.62. The molecule has 1 atom stereocenters. The summed E-state index contributed by atoms with van der Waals surface area (Å²) in [6, 6.07) is 10.5. The Kier molecular flexibility index (Phi) is 12.2. The second kappa shape index (κ2) is 11.7. The Morgan fingerprint density at radius 3 is 2.05 bits per heavy atom. The highest BCUT2D eigenvalue weighted by Crippen LogP contribution is 2.26. The molecule has 108 valence electrons. The molecule has 0 heterocycles. The van der Waals surface area contributed by atoms with Crippen LogP contribution in [0.1, 0.15) is 46.6 Å². The summed E-state index contributed by atoms with van der Waals surface area (Å²) in [6.45, 7) is 13.7. The van der Waals surface area contributed by atoms with Crippen molar-refractivity contribution in [2.24, 2.45) is 0 Å². The topological polar surface area (TPSA) is 29.1 Å². The van der Waals surface area contributed by atoms with Crippen molar-refractivity contribution in [3.63, 3.8) is 0 Å². The Morgan fingerprint density at radius 2 is 1.74 bits per heavy atom. The standard InChI is InChI=1S/C13H19N.C2H4O.C2H6/c1-11(2)10-13(3,14-4)12-8-6-5-7-9-12;1-2-3;1-2/h5-9,14H,1,10H2,2-4H3;2H,1H3;1-2H3. The van der Waals surface area contributed by atoms with Gasteiger partial charge >= 0.3 is 0 Å². The summed E-state index contributed by atoms with van der Waals surface area (Å²) < 4.78 is 0. The molecule has 0 aliphatic rings. The normalized spacial score (nSPS) is 11.9. The highest BCUT2D eigenvalue weighted by molar-refractivity contribution is 5.44. The summed E-state index contributed by atoms with van der Waals surface area (Å²) in [5.74, 6) is 0. The van der Waals surface area contributed by atoms with Crippen molar-refractivity contribution < 1.29 is 4.79 Å². The first-order chi connectivity index (χ1) is 9.00. The summed E-state index contributed by atoms with van der Waals surface area (Å²) in [7, 11) is 2.00. The van der Waals surface area contributed by atoms with Gasteiger partial charge in [-0.25, -0.2) is 0 Å². The van der Waals surface area contributed by atoms with Crippen molar-refractivity contribution in [2.45, 2.75) is 46.6 Å². The van der Waals surface area contributed by atoms with E-state index in [-0.39, 0.29) is 5.54 Å². The van der Waals surface area contributed by atoms with E-state index in [2.05, 4.69) is 50.0 Å². The van der Waals surface area contributed by atoms with Crippen LogP contribution in [0, 0.1) is 0 Å². The van der Waals surface area contributed by atoms with E-state index in [0.29, 0.717) is 0 Å². The Labute approximate surface area is 118 Å². The molecule has 0 amide bonds. The number of rotatable bonds is 4. The molecule has 0 aliphatic heterocycles. The lowest BCUT2D eigenvalue weighted by atomic mass is 9.86. The van der Waals surface area contributed by atoms with Gasteiger partial charge in [-0.15, -0.1) is 6.58 Å². The molecule has 2 heteroatoms. The van der Waals surface area contributed by atoms with E-state index in [1.54, 1.807) is 0 Å². The van der Waals surface area contributed by atoms with E-state index < -0.39 is 0 Å². The number of benzene rings is 1. The first-order valence-electron chi connectivity index (χ1n) is 6.78. The zero-order valence-electron chi connectivity index (χ0n) is 13.3. The molecule has 19 heavy (non-hydrogen) atoms. The lowest BCUT2D eigenvalue weighted by molar-refractivity contribution is -0.106. The van der Waals surface area contributed by atoms with E-state index in [1.165, 1.54) is 18.1 Å². The molecule has 0 aliphatic carbocycles. The van der Waals surface area contributed by atoms with Gasteiger partial charge in [-0.05, 0) is 39.8 Å². The van der Waals surface area contributed by atoms with Crippen molar-refractivity contribution >= 4 is 6.29 Å². The zero-order valence-corrected chi connectivity index (χ0v) is 13.3. The molecule has 0 saturated carbocycles. The van der Waals surface area contributed by atoms with Crippen LogP contribution in [-0.4, -0.2) is 13.3 Å². The van der Waals surface area contributed by atoms with Gasteiger partial charge in [0.1, 0.15) is 6.29 Å². The maximum absolute atomic E-state index is 8.81. The Morgan fingerprint density at radius 1 is 1.32 bits per heavy atom. The van der Waals surface area contributed by atoms with Crippen molar-refractivity contribution in [1.82, 2.24) is 5.32 Å². The third-order valence-corrected chi connectivity index (χ3v) is 2.62. The average Bonchev–Trinajstić information content (AvgIpc) is 2.42. The number of carbonyl (C=O) groups excluding carboxylic acids is 1. The van der Waals surface area contributed by atoms with Gasteiger partial charge in [-0.3, -0.25) is 0 Å². The molecule has 0 fully saturated rings. The fraction of sp³-hybridized carbons (Fsp3) is 0.471. The monoisotopic (exact) mass is 263 g/mol. The minimum absolute atomic E-state index is 0.00704. The van der Waals surface area contributed by atoms with Gasteiger partial charge in [0, 0.05) is 5.54 Å². The number of hydrogen-bond donors (Lipinski definition) is 1. The van der Waals surface area contributed by atoms with Crippen LogP contribution in [0.15, 0.2) is 42.5 Å². The van der Waals surface area contributed by atoms with Crippen molar-refractivity contribution in [2.75, 3.05) is 7.05 Å². The fourth-order valence-corrected chi connectivity index (χ4v) is 1.74. The molecule has 0 spiro atoms. The van der Waals surface area contributed by atoms with Gasteiger partial charge in [-0.1, -0.05) is 49.8 Å². The number of aldehydes is 1. The van der Waals surface area contributed by atoms with Crippen LogP contribution in [0.4, 0.5) is 0 Å². The van der Waals surface area contributed by atoms with Crippen LogP contribution in [0.3, 0.4) is 0 Å². The Balaban J connectivity index is 0. The zero-order chi connectivity index (χ0) is 15.3. The lowest BCUT2D eigenvalue weighted by Crippen LogP contribution is -2.36. The number of nitrogens with one attached hydrogen (secondary N) is 1. The second-order valence-electron chi connectivity index (χ2n) is 4.32. The van der Waals surface area contributed by atoms with Crippen molar-refractivity contribution in [1.29, 1.82) is 0 Å². The van der Waals surface area contributed by atoms with Crippen LogP contribution in [0.25, 0.3) is 0 Å². The van der Waals surface area contributed by atoms with E-state index in [9.17, 15) is 0 Å². The minimum Gasteiger partial charge on any atom is -0.310 e. The molecule has 1 rings (SSSR count). The van der Waals surface area contributed by atoms with Crippen LogP contribution in [-0.2, 0) is 10.3 Å². The van der Waals surface area contributed by atoms with Crippen LogP contribution in [0.5, 0.6) is 0 Å². The molecule has 1 aromatic rings. The van der Waals surface area contributed by atoms with Crippen LogP contribution in [0.2, 0.25) is 0 Å². The predicted octanol–water partition coefficient (Wildman–Crippen LogP) is 4.32. The largest absolute Gasteiger partial charge is 0.310 e. The molecular formula is C17H29NO. The van der Waals surface area contributed by atoms with Crippen molar-refractivity contribution in [3.05, 3.63) is 48.0 Å². The third kappa shape index (κ3) is 8.33.